The Morgan fingerprint density at radius 1 is 0.304 bits per heavy atom. The molecule has 8 rings (SSSR count). The largest absolute Gasteiger partial charge is 0.237 e. The lowest BCUT2D eigenvalue weighted by molar-refractivity contribution is 1.07. The Hall–Kier alpha value is -6.33. The first-order chi connectivity index (χ1) is 22.8. The lowest BCUT2D eigenvalue weighted by Crippen LogP contribution is -2.00. The summed E-state index contributed by atoms with van der Waals surface area (Å²) in [5, 5.41) is 2.39. The number of nitrogens with zero attached hydrogens (tertiary/aromatic N) is 5. The highest BCUT2D eigenvalue weighted by Crippen LogP contribution is 2.39. The molecular formula is C41H27N5. The Labute approximate surface area is 267 Å². The molecule has 0 fully saturated rings. The van der Waals surface area contributed by atoms with Crippen molar-refractivity contribution in [3.63, 3.8) is 0 Å². The molecule has 0 saturated heterocycles. The molecule has 0 amide bonds. The minimum atomic E-state index is 0.636. The van der Waals surface area contributed by atoms with E-state index >= 15 is 0 Å². The van der Waals surface area contributed by atoms with Crippen LogP contribution in [0.5, 0.6) is 0 Å². The number of aromatic nitrogens is 5. The highest BCUT2D eigenvalue weighted by molar-refractivity contribution is 6.04. The van der Waals surface area contributed by atoms with Crippen LogP contribution < -0.4 is 0 Å². The maximum absolute atomic E-state index is 4.91. The lowest BCUT2D eigenvalue weighted by atomic mass is 9.89. The van der Waals surface area contributed by atoms with E-state index in [9.17, 15) is 0 Å². The van der Waals surface area contributed by atoms with Crippen molar-refractivity contribution >= 4 is 10.8 Å². The third-order valence-corrected chi connectivity index (χ3v) is 8.08. The molecule has 0 aliphatic carbocycles. The van der Waals surface area contributed by atoms with E-state index in [-0.39, 0.29) is 0 Å². The second kappa shape index (κ2) is 12.0. The minimum Gasteiger partial charge on any atom is -0.237 e. The van der Waals surface area contributed by atoms with Crippen LogP contribution in [0.15, 0.2) is 164 Å². The van der Waals surface area contributed by atoms with Gasteiger partial charge in [0, 0.05) is 34.6 Å². The van der Waals surface area contributed by atoms with E-state index in [2.05, 4.69) is 94.9 Å². The highest BCUT2D eigenvalue weighted by atomic mass is 15.0. The predicted molar refractivity (Wildman–Crippen MR) is 186 cm³/mol. The fraction of sp³-hybridized carbons (Fsp3) is 0. The molecule has 0 N–H and O–H groups in total. The monoisotopic (exact) mass is 589 g/mol. The second-order valence-electron chi connectivity index (χ2n) is 11.0. The Balaban J connectivity index is 1.22. The Morgan fingerprint density at radius 3 is 1.35 bits per heavy atom. The van der Waals surface area contributed by atoms with E-state index in [1.807, 2.05) is 66.7 Å². The van der Waals surface area contributed by atoms with Crippen molar-refractivity contribution in [1.29, 1.82) is 0 Å². The van der Waals surface area contributed by atoms with Gasteiger partial charge in [-0.2, -0.15) is 0 Å². The van der Waals surface area contributed by atoms with Gasteiger partial charge in [0.1, 0.15) is 0 Å². The van der Waals surface area contributed by atoms with Crippen LogP contribution in [0.25, 0.3) is 78.6 Å². The predicted octanol–water partition coefficient (Wildman–Crippen LogP) is 9.82. The fourth-order valence-corrected chi connectivity index (χ4v) is 5.79. The summed E-state index contributed by atoms with van der Waals surface area (Å²) in [6.07, 6.45) is 3.54. The van der Waals surface area contributed by atoms with Crippen LogP contribution in [0.1, 0.15) is 0 Å². The van der Waals surface area contributed by atoms with Crippen LogP contribution in [-0.4, -0.2) is 24.9 Å². The number of rotatable bonds is 6. The summed E-state index contributed by atoms with van der Waals surface area (Å²) in [5.41, 5.74) is 8.39. The molecule has 216 valence electrons. The summed E-state index contributed by atoms with van der Waals surface area (Å²) < 4.78 is 0. The average molecular weight is 590 g/mol. The van der Waals surface area contributed by atoms with Gasteiger partial charge in [-0.15, -0.1) is 0 Å². The van der Waals surface area contributed by atoms with E-state index in [1.165, 1.54) is 16.3 Å². The molecule has 0 aliphatic heterocycles. The van der Waals surface area contributed by atoms with Crippen LogP contribution in [0.4, 0.5) is 0 Å². The number of fused-ring (bicyclic) bond motifs is 1. The number of hydrogen-bond donors (Lipinski definition) is 0. The molecule has 8 aromatic rings. The quantitative estimate of drug-likeness (QED) is 0.193. The molecule has 0 saturated carbocycles. The molecule has 6 aromatic carbocycles. The van der Waals surface area contributed by atoms with Gasteiger partial charge >= 0.3 is 0 Å². The summed E-state index contributed by atoms with van der Waals surface area (Å²) in [4.78, 5) is 23.5. The summed E-state index contributed by atoms with van der Waals surface area (Å²) in [5.74, 6) is 2.65. The van der Waals surface area contributed by atoms with Crippen LogP contribution in [0.3, 0.4) is 0 Å². The van der Waals surface area contributed by atoms with E-state index < -0.39 is 0 Å². The van der Waals surface area contributed by atoms with E-state index in [4.69, 9.17) is 15.0 Å². The van der Waals surface area contributed by atoms with Gasteiger partial charge in [0.25, 0.3) is 0 Å². The molecular weight excluding hydrogens is 562 g/mol. The van der Waals surface area contributed by atoms with Crippen molar-refractivity contribution in [3.05, 3.63) is 164 Å². The van der Waals surface area contributed by atoms with Crippen molar-refractivity contribution in [2.24, 2.45) is 0 Å². The van der Waals surface area contributed by atoms with Gasteiger partial charge < -0.3 is 0 Å². The van der Waals surface area contributed by atoms with E-state index in [0.717, 1.165) is 38.9 Å². The standard InChI is InChI=1S/C41H27N5/c1-3-11-31(12-4-1)39-44-40(32-13-5-2-6-14-32)46-41(45-39)34-20-16-29(17-21-34)36-25-24-28-10-7-8-15-35(28)37(36)30-18-22-33(23-19-30)38-42-26-9-27-43-38/h1-27H. The Bertz CT molecular complexity index is 2210. The zero-order chi connectivity index (χ0) is 30.7. The molecule has 0 atom stereocenters. The third kappa shape index (κ3) is 5.31. The summed E-state index contributed by atoms with van der Waals surface area (Å²) in [7, 11) is 0. The van der Waals surface area contributed by atoms with Gasteiger partial charge in [-0.3, -0.25) is 0 Å². The van der Waals surface area contributed by atoms with Crippen LogP contribution in [-0.2, 0) is 0 Å². The van der Waals surface area contributed by atoms with Crippen LogP contribution in [0.2, 0.25) is 0 Å². The molecule has 0 spiro atoms. The second-order valence-corrected chi connectivity index (χ2v) is 11.0. The molecule has 5 heteroatoms. The van der Waals surface area contributed by atoms with E-state index in [1.54, 1.807) is 12.4 Å². The lowest BCUT2D eigenvalue weighted by Gasteiger charge is -2.15. The molecule has 0 aliphatic rings. The van der Waals surface area contributed by atoms with Crippen LogP contribution >= 0.6 is 0 Å². The minimum absolute atomic E-state index is 0.636. The first-order valence-corrected chi connectivity index (χ1v) is 15.2. The fourth-order valence-electron chi connectivity index (χ4n) is 5.79. The highest BCUT2D eigenvalue weighted by Gasteiger charge is 2.15. The Morgan fingerprint density at radius 2 is 0.761 bits per heavy atom. The molecule has 5 nitrogen and oxygen atoms in total. The smallest absolute Gasteiger partial charge is 0.164 e. The first-order valence-electron chi connectivity index (χ1n) is 15.2. The van der Waals surface area contributed by atoms with Crippen molar-refractivity contribution < 1.29 is 0 Å². The van der Waals surface area contributed by atoms with Gasteiger partial charge in [0.2, 0.25) is 0 Å². The summed E-state index contributed by atoms with van der Waals surface area (Å²) in [6.45, 7) is 0. The number of hydrogen-bond acceptors (Lipinski definition) is 5. The molecule has 46 heavy (non-hydrogen) atoms. The van der Waals surface area contributed by atoms with Crippen molar-refractivity contribution in [2.75, 3.05) is 0 Å². The van der Waals surface area contributed by atoms with Gasteiger partial charge in [0.15, 0.2) is 23.3 Å². The third-order valence-electron chi connectivity index (χ3n) is 8.08. The maximum atomic E-state index is 4.91. The molecule has 0 unspecified atom stereocenters. The Kier molecular flexibility index (Phi) is 7.09. The zero-order valence-corrected chi connectivity index (χ0v) is 24.8. The van der Waals surface area contributed by atoms with Gasteiger partial charge in [-0.25, -0.2) is 24.9 Å². The van der Waals surface area contributed by atoms with Gasteiger partial charge in [-0.1, -0.05) is 146 Å². The summed E-state index contributed by atoms with van der Waals surface area (Å²) >= 11 is 0. The van der Waals surface area contributed by atoms with Crippen LogP contribution in [0, 0.1) is 0 Å². The molecule has 2 heterocycles. The molecule has 0 radical (unpaired) electrons. The normalized spacial score (nSPS) is 11.0. The van der Waals surface area contributed by atoms with E-state index in [0.29, 0.717) is 23.3 Å². The topological polar surface area (TPSA) is 64.5 Å². The average Bonchev–Trinajstić information content (AvgIpc) is 3.15. The first kappa shape index (κ1) is 27.2. The summed E-state index contributed by atoms with van der Waals surface area (Å²) in [6, 6.07) is 51.9. The molecule has 0 bridgehead atoms. The van der Waals surface area contributed by atoms with Crippen molar-refractivity contribution in [3.8, 4) is 67.8 Å². The number of benzene rings is 6. The van der Waals surface area contributed by atoms with Crippen molar-refractivity contribution in [2.45, 2.75) is 0 Å². The van der Waals surface area contributed by atoms with Crippen molar-refractivity contribution in [1.82, 2.24) is 24.9 Å². The van der Waals surface area contributed by atoms with Gasteiger partial charge in [-0.05, 0) is 39.1 Å². The SMILES string of the molecule is c1ccc(-c2nc(-c3ccccc3)nc(-c3ccc(-c4ccc5ccccc5c4-c4ccc(-c5ncccn5)cc4)cc3)n2)cc1. The maximum Gasteiger partial charge on any atom is 0.164 e. The zero-order valence-electron chi connectivity index (χ0n) is 24.8. The molecule has 2 aromatic heterocycles. The van der Waals surface area contributed by atoms with Gasteiger partial charge in [0.05, 0.1) is 0 Å².